The first kappa shape index (κ1) is 15.1. The first-order valence-corrected chi connectivity index (χ1v) is 6.95. The first-order chi connectivity index (χ1) is 8.63. The number of halogens is 1. The number of anilines is 1. The van der Waals surface area contributed by atoms with E-state index in [1.807, 2.05) is 12.1 Å². The van der Waals surface area contributed by atoms with Gasteiger partial charge in [-0.05, 0) is 50.9 Å². The van der Waals surface area contributed by atoms with Gasteiger partial charge in [0.15, 0.2) is 0 Å². The van der Waals surface area contributed by atoms with Crippen LogP contribution in [0.15, 0.2) is 18.2 Å². The molecule has 3 rings (SSSR count). The third kappa shape index (κ3) is 3.07. The van der Waals surface area contributed by atoms with Crippen LogP contribution in [0.1, 0.15) is 25.7 Å². The zero-order chi connectivity index (χ0) is 12.7. The van der Waals surface area contributed by atoms with Crippen LogP contribution in [0.4, 0.5) is 5.69 Å². The topological polar surface area (TPSA) is 38.5 Å². The van der Waals surface area contributed by atoms with E-state index in [2.05, 4.69) is 11.9 Å². The largest absolute Gasteiger partial charge is 0.489 e. The van der Waals surface area contributed by atoms with Crippen molar-refractivity contribution in [1.29, 1.82) is 0 Å². The van der Waals surface area contributed by atoms with Crippen molar-refractivity contribution in [3.05, 3.63) is 23.2 Å². The summed E-state index contributed by atoms with van der Waals surface area (Å²) in [5, 5.41) is 0.612. The van der Waals surface area contributed by atoms with E-state index in [4.69, 9.17) is 22.1 Å². The Morgan fingerprint density at radius 3 is 2.47 bits per heavy atom. The van der Waals surface area contributed by atoms with Crippen LogP contribution in [-0.2, 0) is 19.5 Å². The number of fused-ring (bicyclic) bond motifs is 2. The second-order valence-electron chi connectivity index (χ2n) is 5.45. The van der Waals surface area contributed by atoms with Crippen molar-refractivity contribution in [3.63, 3.8) is 0 Å². The Kier molecular flexibility index (Phi) is 4.76. The molecule has 0 spiro atoms. The number of rotatable bonds is 2. The maximum atomic E-state index is 6.15. The van der Waals surface area contributed by atoms with Gasteiger partial charge in [0.2, 0.25) is 0 Å². The fraction of sp³-hybridized carbons (Fsp3) is 0.571. The summed E-state index contributed by atoms with van der Waals surface area (Å²) in [6.45, 7) is 0. The molecule has 0 aliphatic carbocycles. The van der Waals surface area contributed by atoms with Crippen LogP contribution in [0, 0.1) is 0 Å². The van der Waals surface area contributed by atoms with Crippen molar-refractivity contribution < 1.29 is 24.2 Å². The predicted molar refractivity (Wildman–Crippen MR) is 74.1 cm³/mol. The molecule has 0 saturated carbocycles. The molecule has 2 N–H and O–H groups in total. The third-order valence-electron chi connectivity index (χ3n) is 4.30. The van der Waals surface area contributed by atoms with Gasteiger partial charge in [-0.3, -0.25) is 0 Å². The molecule has 100 valence electrons. The number of benzene rings is 1. The van der Waals surface area contributed by atoms with Crippen molar-refractivity contribution in [2.45, 2.75) is 43.9 Å². The minimum atomic E-state index is 0. The van der Waals surface area contributed by atoms with E-state index in [1.165, 1.54) is 12.8 Å². The molecule has 3 atom stereocenters. The minimum Gasteiger partial charge on any atom is -0.489 e. The summed E-state index contributed by atoms with van der Waals surface area (Å²) in [6, 6.07) is 6.82. The predicted octanol–water partition coefficient (Wildman–Crippen LogP) is 2.92. The van der Waals surface area contributed by atoms with Gasteiger partial charge in [-0.15, -0.1) is 0 Å². The van der Waals surface area contributed by atoms with Crippen LogP contribution < -0.4 is 10.5 Å². The number of hydrogen-bond donors (Lipinski definition) is 1. The molecular formula is C14H19ClN2OZn. The van der Waals surface area contributed by atoms with E-state index >= 15 is 0 Å². The fourth-order valence-corrected chi connectivity index (χ4v) is 3.48. The molecule has 2 aliphatic heterocycles. The summed E-state index contributed by atoms with van der Waals surface area (Å²) < 4.78 is 6.06. The molecule has 2 fully saturated rings. The smallest absolute Gasteiger partial charge is 0.138 e. The number of hydrogen-bond acceptors (Lipinski definition) is 3. The fourth-order valence-electron chi connectivity index (χ4n) is 3.25. The summed E-state index contributed by atoms with van der Waals surface area (Å²) >= 11 is 6.15. The molecule has 1 unspecified atom stereocenters. The van der Waals surface area contributed by atoms with E-state index in [0.717, 1.165) is 18.6 Å². The number of ether oxygens (including phenoxy) is 1. The van der Waals surface area contributed by atoms with E-state index in [1.54, 1.807) is 6.07 Å². The normalized spacial score (nSPS) is 29.9. The quantitative estimate of drug-likeness (QED) is 0.669. The SMILES string of the molecule is CN1[C@@H]2CC[C@H]1CC(Oc1ccc(N)cc1Cl)C2.[Zn]. The van der Waals surface area contributed by atoms with Gasteiger partial charge in [0.1, 0.15) is 11.9 Å². The van der Waals surface area contributed by atoms with Crippen molar-refractivity contribution in [2.24, 2.45) is 0 Å². The average molecular weight is 332 g/mol. The standard InChI is InChI=1S/C14H19ClN2O.Zn/c1-17-10-3-4-11(17)8-12(7-10)18-14-5-2-9(16)6-13(14)15;/h2,5-6,10-12H,3-4,7-8,16H2,1H3;/t10-,11+,12?;. The van der Waals surface area contributed by atoms with Crippen molar-refractivity contribution in [2.75, 3.05) is 12.8 Å². The molecule has 0 amide bonds. The summed E-state index contributed by atoms with van der Waals surface area (Å²) in [7, 11) is 2.23. The second kappa shape index (κ2) is 5.99. The molecule has 0 aromatic heterocycles. The Bertz CT molecular complexity index is 443. The Morgan fingerprint density at radius 2 is 1.89 bits per heavy atom. The number of nitrogens with two attached hydrogens (primary N) is 1. The summed E-state index contributed by atoms with van der Waals surface area (Å²) in [5.74, 6) is 0.764. The molecule has 0 radical (unpaired) electrons. The first-order valence-electron chi connectivity index (χ1n) is 6.57. The molecule has 2 aliphatic rings. The summed E-state index contributed by atoms with van der Waals surface area (Å²) in [6.07, 6.45) is 5.11. The molecule has 1 aromatic carbocycles. The summed E-state index contributed by atoms with van der Waals surface area (Å²) in [5.41, 5.74) is 6.36. The maximum Gasteiger partial charge on any atom is 0.138 e. The zero-order valence-corrected chi connectivity index (χ0v) is 15.0. The van der Waals surface area contributed by atoms with Crippen molar-refractivity contribution >= 4 is 17.3 Å². The van der Waals surface area contributed by atoms with Crippen LogP contribution in [0.3, 0.4) is 0 Å². The van der Waals surface area contributed by atoms with Gasteiger partial charge in [-0.1, -0.05) is 11.6 Å². The maximum absolute atomic E-state index is 6.15. The van der Waals surface area contributed by atoms with Gasteiger partial charge in [0, 0.05) is 37.2 Å². The monoisotopic (exact) mass is 330 g/mol. The number of nitrogen functional groups attached to an aromatic ring is 1. The van der Waals surface area contributed by atoms with Crippen LogP contribution in [0.5, 0.6) is 5.75 Å². The van der Waals surface area contributed by atoms with E-state index in [-0.39, 0.29) is 19.5 Å². The van der Waals surface area contributed by atoms with Crippen molar-refractivity contribution in [3.8, 4) is 5.75 Å². The van der Waals surface area contributed by atoms with Gasteiger partial charge in [0.05, 0.1) is 5.02 Å². The van der Waals surface area contributed by atoms with E-state index in [9.17, 15) is 0 Å². The Balaban J connectivity index is 0.00000133. The van der Waals surface area contributed by atoms with Crippen LogP contribution in [0.25, 0.3) is 0 Å². The molecule has 2 saturated heterocycles. The van der Waals surface area contributed by atoms with Crippen LogP contribution in [0.2, 0.25) is 5.02 Å². The van der Waals surface area contributed by atoms with Crippen molar-refractivity contribution in [1.82, 2.24) is 4.90 Å². The molecule has 2 heterocycles. The molecule has 3 nitrogen and oxygen atoms in total. The van der Waals surface area contributed by atoms with Gasteiger partial charge < -0.3 is 15.4 Å². The van der Waals surface area contributed by atoms with Gasteiger partial charge in [0.25, 0.3) is 0 Å². The zero-order valence-electron chi connectivity index (χ0n) is 11.3. The van der Waals surface area contributed by atoms with Crippen LogP contribution >= 0.6 is 11.6 Å². The molecule has 1 aromatic rings. The van der Waals surface area contributed by atoms with Gasteiger partial charge in [-0.2, -0.15) is 0 Å². The Hall–Kier alpha value is -0.307. The Labute approximate surface area is 132 Å². The second-order valence-corrected chi connectivity index (χ2v) is 5.86. The molecule has 19 heavy (non-hydrogen) atoms. The number of nitrogens with zero attached hydrogens (tertiary/aromatic N) is 1. The molecular weight excluding hydrogens is 313 g/mol. The minimum absolute atomic E-state index is 0. The average Bonchev–Trinajstić information content (AvgIpc) is 2.57. The van der Waals surface area contributed by atoms with E-state index in [0.29, 0.717) is 28.9 Å². The van der Waals surface area contributed by atoms with Crippen LogP contribution in [-0.4, -0.2) is 30.1 Å². The van der Waals surface area contributed by atoms with E-state index < -0.39 is 0 Å². The molecule has 5 heteroatoms. The third-order valence-corrected chi connectivity index (χ3v) is 4.60. The Morgan fingerprint density at radius 1 is 1.26 bits per heavy atom. The molecule has 2 bridgehead atoms. The van der Waals surface area contributed by atoms with Gasteiger partial charge >= 0.3 is 0 Å². The summed E-state index contributed by atoms with van der Waals surface area (Å²) in [4.78, 5) is 2.50. The number of piperidine rings is 1. The van der Waals surface area contributed by atoms with Gasteiger partial charge in [-0.25, -0.2) is 0 Å².